The van der Waals surface area contributed by atoms with Crippen LogP contribution in [0.3, 0.4) is 0 Å². The lowest BCUT2D eigenvalue weighted by Gasteiger charge is -2.08. The first-order valence-corrected chi connectivity index (χ1v) is 9.07. The largest absolute Gasteiger partial charge is 0.350 e. The summed E-state index contributed by atoms with van der Waals surface area (Å²) < 4.78 is 1.82. The van der Waals surface area contributed by atoms with Gasteiger partial charge in [-0.3, -0.25) is 4.79 Å². The number of amides is 1. The van der Waals surface area contributed by atoms with Crippen molar-refractivity contribution in [1.82, 2.24) is 20.3 Å². The Morgan fingerprint density at radius 2 is 1.85 bits per heavy atom. The Kier molecular flexibility index (Phi) is 4.52. The lowest BCUT2D eigenvalue weighted by Crippen LogP contribution is -2.27. The highest BCUT2D eigenvalue weighted by molar-refractivity contribution is 5.93. The van der Waals surface area contributed by atoms with E-state index in [1.54, 1.807) is 0 Å². The van der Waals surface area contributed by atoms with Gasteiger partial charge in [-0.2, -0.15) is 0 Å². The standard InChI is InChI=1S/C21H22N4O/c1-15-7-11-18(12-8-15)25-20(17-9-10-17)19(23-24-25)21(26)22-14-13-16-5-3-2-4-6-16/h2-8,11-12,17H,9-10,13-14H2,1H3,(H,22,26). The Morgan fingerprint density at radius 1 is 1.12 bits per heavy atom. The molecule has 0 spiro atoms. The molecular formula is C21H22N4O. The van der Waals surface area contributed by atoms with Crippen molar-refractivity contribution in [3.8, 4) is 5.69 Å². The van der Waals surface area contributed by atoms with Gasteiger partial charge in [0.25, 0.3) is 5.91 Å². The number of benzene rings is 2. The molecule has 0 aliphatic heterocycles. The third kappa shape index (κ3) is 3.52. The lowest BCUT2D eigenvalue weighted by atomic mass is 10.1. The molecule has 5 nitrogen and oxygen atoms in total. The molecule has 5 heteroatoms. The summed E-state index contributed by atoms with van der Waals surface area (Å²) in [6.45, 7) is 2.64. The zero-order valence-corrected chi connectivity index (χ0v) is 14.9. The van der Waals surface area contributed by atoms with Crippen molar-refractivity contribution < 1.29 is 4.79 Å². The number of aromatic nitrogens is 3. The average Bonchev–Trinajstić information content (AvgIpc) is 3.41. The zero-order valence-electron chi connectivity index (χ0n) is 14.9. The molecule has 0 unspecified atom stereocenters. The molecule has 1 saturated carbocycles. The second kappa shape index (κ2) is 7.12. The fourth-order valence-corrected chi connectivity index (χ4v) is 3.10. The first-order valence-electron chi connectivity index (χ1n) is 9.07. The van der Waals surface area contributed by atoms with Gasteiger partial charge in [-0.1, -0.05) is 53.2 Å². The Hall–Kier alpha value is -2.95. The molecule has 1 amide bonds. The zero-order chi connectivity index (χ0) is 17.9. The van der Waals surface area contributed by atoms with Crippen molar-refractivity contribution in [2.75, 3.05) is 6.54 Å². The van der Waals surface area contributed by atoms with E-state index < -0.39 is 0 Å². The van der Waals surface area contributed by atoms with Gasteiger partial charge >= 0.3 is 0 Å². The molecule has 3 aromatic rings. The second-order valence-electron chi connectivity index (χ2n) is 6.84. The van der Waals surface area contributed by atoms with Gasteiger partial charge in [0.05, 0.1) is 11.4 Å². The van der Waals surface area contributed by atoms with Crippen molar-refractivity contribution in [2.45, 2.75) is 32.1 Å². The number of carbonyl (C=O) groups excluding carboxylic acids is 1. The highest BCUT2D eigenvalue weighted by Gasteiger charge is 2.34. The Bertz CT molecular complexity index is 896. The summed E-state index contributed by atoms with van der Waals surface area (Å²) in [5.41, 5.74) is 4.75. The van der Waals surface area contributed by atoms with Gasteiger partial charge in [-0.25, -0.2) is 4.68 Å². The molecule has 0 atom stereocenters. The van der Waals surface area contributed by atoms with Crippen LogP contribution in [0.4, 0.5) is 0 Å². The summed E-state index contributed by atoms with van der Waals surface area (Å²) in [4.78, 5) is 12.7. The molecule has 4 rings (SSSR count). The van der Waals surface area contributed by atoms with Gasteiger partial charge in [-0.15, -0.1) is 5.10 Å². The number of rotatable bonds is 6. The Morgan fingerprint density at radius 3 is 2.54 bits per heavy atom. The minimum absolute atomic E-state index is 0.138. The molecule has 1 N–H and O–H groups in total. The molecule has 1 aromatic heterocycles. The smallest absolute Gasteiger partial charge is 0.273 e. The Labute approximate surface area is 153 Å². The molecule has 1 heterocycles. The summed E-state index contributed by atoms with van der Waals surface area (Å²) >= 11 is 0. The lowest BCUT2D eigenvalue weighted by molar-refractivity contribution is 0.0948. The predicted octanol–water partition coefficient (Wildman–Crippen LogP) is 3.43. The Balaban J connectivity index is 1.51. The van der Waals surface area contributed by atoms with Crippen LogP contribution >= 0.6 is 0 Å². The molecule has 1 aliphatic carbocycles. The summed E-state index contributed by atoms with van der Waals surface area (Å²) in [5.74, 6) is 0.238. The number of aryl methyl sites for hydroxylation is 1. The van der Waals surface area contributed by atoms with Crippen molar-refractivity contribution in [1.29, 1.82) is 0 Å². The van der Waals surface area contributed by atoms with Crippen LogP contribution in [-0.4, -0.2) is 27.4 Å². The topological polar surface area (TPSA) is 59.8 Å². The minimum atomic E-state index is -0.138. The van der Waals surface area contributed by atoms with E-state index in [4.69, 9.17) is 0 Å². The number of nitrogens with zero attached hydrogens (tertiary/aromatic N) is 3. The fraction of sp³-hybridized carbons (Fsp3) is 0.286. The molecule has 0 saturated heterocycles. The average molecular weight is 346 g/mol. The number of carbonyl (C=O) groups is 1. The maximum Gasteiger partial charge on any atom is 0.273 e. The quantitative estimate of drug-likeness (QED) is 0.744. The van der Waals surface area contributed by atoms with Crippen LogP contribution in [-0.2, 0) is 6.42 Å². The van der Waals surface area contributed by atoms with E-state index in [1.165, 1.54) is 11.1 Å². The van der Waals surface area contributed by atoms with E-state index in [0.29, 0.717) is 18.2 Å². The molecule has 2 aromatic carbocycles. The van der Waals surface area contributed by atoms with E-state index in [-0.39, 0.29) is 5.91 Å². The van der Waals surface area contributed by atoms with Gasteiger partial charge in [0, 0.05) is 12.5 Å². The molecule has 1 aliphatic rings. The van der Waals surface area contributed by atoms with Crippen LogP contribution in [0.1, 0.15) is 46.1 Å². The van der Waals surface area contributed by atoms with Gasteiger partial charge in [0.1, 0.15) is 0 Å². The molecule has 132 valence electrons. The van der Waals surface area contributed by atoms with E-state index in [2.05, 4.69) is 34.7 Å². The van der Waals surface area contributed by atoms with Crippen molar-refractivity contribution in [3.63, 3.8) is 0 Å². The highest BCUT2D eigenvalue weighted by atomic mass is 16.2. The maximum absolute atomic E-state index is 12.7. The molecule has 0 bridgehead atoms. The maximum atomic E-state index is 12.7. The van der Waals surface area contributed by atoms with Crippen LogP contribution in [0.25, 0.3) is 5.69 Å². The van der Waals surface area contributed by atoms with Crippen LogP contribution in [0.5, 0.6) is 0 Å². The normalized spacial score (nSPS) is 13.6. The number of hydrogen-bond donors (Lipinski definition) is 1. The minimum Gasteiger partial charge on any atom is -0.350 e. The molecule has 26 heavy (non-hydrogen) atoms. The molecule has 0 radical (unpaired) electrons. The third-order valence-electron chi connectivity index (χ3n) is 4.70. The third-order valence-corrected chi connectivity index (χ3v) is 4.70. The van der Waals surface area contributed by atoms with E-state index >= 15 is 0 Å². The predicted molar refractivity (Wildman–Crippen MR) is 101 cm³/mol. The highest BCUT2D eigenvalue weighted by Crippen LogP contribution is 2.41. The van der Waals surface area contributed by atoms with Crippen LogP contribution < -0.4 is 5.32 Å². The van der Waals surface area contributed by atoms with Crippen LogP contribution in [0.2, 0.25) is 0 Å². The first kappa shape index (κ1) is 16.5. The molecule has 1 fully saturated rings. The monoisotopic (exact) mass is 346 g/mol. The van der Waals surface area contributed by atoms with Gasteiger partial charge in [-0.05, 0) is 43.9 Å². The fourth-order valence-electron chi connectivity index (χ4n) is 3.10. The van der Waals surface area contributed by atoms with Crippen molar-refractivity contribution in [3.05, 3.63) is 77.1 Å². The summed E-state index contributed by atoms with van der Waals surface area (Å²) in [6, 6.07) is 18.3. The first-order chi connectivity index (χ1) is 12.7. The van der Waals surface area contributed by atoms with Crippen LogP contribution in [0, 0.1) is 6.92 Å². The number of hydrogen-bond acceptors (Lipinski definition) is 3. The van der Waals surface area contributed by atoms with Gasteiger partial charge in [0.15, 0.2) is 5.69 Å². The molecular weight excluding hydrogens is 324 g/mol. The van der Waals surface area contributed by atoms with Crippen molar-refractivity contribution >= 4 is 5.91 Å². The summed E-state index contributed by atoms with van der Waals surface area (Å²) in [5, 5.41) is 11.5. The summed E-state index contributed by atoms with van der Waals surface area (Å²) in [7, 11) is 0. The SMILES string of the molecule is Cc1ccc(-n2nnc(C(=O)NCCc3ccccc3)c2C2CC2)cc1. The summed E-state index contributed by atoms with van der Waals surface area (Å²) in [6.07, 6.45) is 2.98. The van der Waals surface area contributed by atoms with E-state index in [9.17, 15) is 4.79 Å². The van der Waals surface area contributed by atoms with E-state index in [0.717, 1.165) is 30.6 Å². The number of nitrogens with one attached hydrogen (secondary N) is 1. The van der Waals surface area contributed by atoms with Gasteiger partial charge < -0.3 is 5.32 Å². The second-order valence-corrected chi connectivity index (χ2v) is 6.84. The van der Waals surface area contributed by atoms with Crippen molar-refractivity contribution in [2.24, 2.45) is 0 Å². The van der Waals surface area contributed by atoms with E-state index in [1.807, 2.05) is 47.1 Å². The van der Waals surface area contributed by atoms with Gasteiger partial charge in [0.2, 0.25) is 0 Å². The van der Waals surface area contributed by atoms with Crippen LogP contribution in [0.15, 0.2) is 54.6 Å².